The molecular formula is C17H20N2O5S. The summed E-state index contributed by atoms with van der Waals surface area (Å²) in [6.07, 6.45) is 0. The summed E-state index contributed by atoms with van der Waals surface area (Å²) in [5, 5.41) is 2.68. The molecule has 1 N–H and O–H groups in total. The second kappa shape index (κ2) is 7.54. The number of sulfonamides is 1. The Morgan fingerprint density at radius 1 is 1.00 bits per heavy atom. The fraction of sp³-hybridized carbons (Fsp3) is 0.235. The van der Waals surface area contributed by atoms with Gasteiger partial charge in [-0.15, -0.1) is 0 Å². The molecule has 2 rings (SSSR count). The minimum atomic E-state index is -3.64. The number of carbonyl (C=O) groups is 1. The van der Waals surface area contributed by atoms with Gasteiger partial charge in [0, 0.05) is 14.1 Å². The Labute approximate surface area is 147 Å². The van der Waals surface area contributed by atoms with Gasteiger partial charge in [0.25, 0.3) is 5.91 Å². The lowest BCUT2D eigenvalue weighted by atomic mass is 10.2. The summed E-state index contributed by atoms with van der Waals surface area (Å²) < 4.78 is 36.1. The van der Waals surface area contributed by atoms with Crippen molar-refractivity contribution in [1.29, 1.82) is 0 Å². The average molecular weight is 364 g/mol. The third-order valence-electron chi connectivity index (χ3n) is 3.55. The van der Waals surface area contributed by atoms with E-state index in [2.05, 4.69) is 5.32 Å². The zero-order valence-corrected chi connectivity index (χ0v) is 15.3. The van der Waals surface area contributed by atoms with Gasteiger partial charge in [-0.25, -0.2) is 12.7 Å². The van der Waals surface area contributed by atoms with Gasteiger partial charge in [-0.3, -0.25) is 4.79 Å². The van der Waals surface area contributed by atoms with Gasteiger partial charge in [0.15, 0.2) is 0 Å². The highest BCUT2D eigenvalue weighted by Crippen LogP contribution is 2.29. The van der Waals surface area contributed by atoms with Gasteiger partial charge in [-0.1, -0.05) is 12.1 Å². The molecule has 2 aromatic carbocycles. The molecule has 0 saturated carbocycles. The molecule has 0 aliphatic rings. The van der Waals surface area contributed by atoms with Gasteiger partial charge in [-0.05, 0) is 30.3 Å². The molecule has 8 heteroatoms. The van der Waals surface area contributed by atoms with Crippen LogP contribution in [0.25, 0.3) is 0 Å². The first kappa shape index (κ1) is 18.8. The number of amides is 1. The molecule has 0 bridgehead atoms. The maximum absolute atomic E-state index is 12.6. The zero-order chi connectivity index (χ0) is 18.6. The summed E-state index contributed by atoms with van der Waals surface area (Å²) >= 11 is 0. The maximum Gasteiger partial charge on any atom is 0.259 e. The molecule has 0 fully saturated rings. The van der Waals surface area contributed by atoms with E-state index in [0.717, 1.165) is 4.31 Å². The highest BCUT2D eigenvalue weighted by Gasteiger charge is 2.20. The number of nitrogens with zero attached hydrogens (tertiary/aromatic N) is 1. The Morgan fingerprint density at radius 3 is 2.24 bits per heavy atom. The minimum absolute atomic E-state index is 0.0497. The van der Waals surface area contributed by atoms with Crippen LogP contribution in [0.2, 0.25) is 0 Å². The van der Waals surface area contributed by atoms with Gasteiger partial charge < -0.3 is 14.8 Å². The van der Waals surface area contributed by atoms with E-state index < -0.39 is 15.9 Å². The van der Waals surface area contributed by atoms with Crippen LogP contribution in [0.4, 0.5) is 5.69 Å². The van der Waals surface area contributed by atoms with E-state index in [1.165, 1.54) is 46.5 Å². The standard InChI is InChI=1S/C17H20N2O5S/c1-19(2)25(21,22)12-9-10-16(24-4)14(11-12)18-17(20)13-7-5-6-8-15(13)23-3/h5-11H,1-4H3,(H,18,20). The molecule has 0 aliphatic carbocycles. The van der Waals surface area contributed by atoms with Crippen molar-refractivity contribution in [2.24, 2.45) is 0 Å². The quantitative estimate of drug-likeness (QED) is 0.849. The molecule has 0 heterocycles. The van der Waals surface area contributed by atoms with Crippen LogP contribution in [-0.2, 0) is 10.0 Å². The lowest BCUT2D eigenvalue weighted by Gasteiger charge is -2.15. The van der Waals surface area contributed by atoms with Gasteiger partial charge in [0.05, 0.1) is 30.4 Å². The second-order valence-corrected chi connectivity index (χ2v) is 7.46. The van der Waals surface area contributed by atoms with E-state index >= 15 is 0 Å². The van der Waals surface area contributed by atoms with Gasteiger partial charge >= 0.3 is 0 Å². The highest BCUT2D eigenvalue weighted by atomic mass is 32.2. The van der Waals surface area contributed by atoms with E-state index in [4.69, 9.17) is 9.47 Å². The van der Waals surface area contributed by atoms with Crippen molar-refractivity contribution < 1.29 is 22.7 Å². The molecule has 134 valence electrons. The lowest BCUT2D eigenvalue weighted by molar-refractivity contribution is 0.102. The first-order valence-electron chi connectivity index (χ1n) is 7.36. The van der Waals surface area contributed by atoms with Crippen molar-refractivity contribution in [3.8, 4) is 11.5 Å². The highest BCUT2D eigenvalue weighted by molar-refractivity contribution is 7.89. The van der Waals surface area contributed by atoms with Crippen LogP contribution in [0.1, 0.15) is 10.4 Å². The second-order valence-electron chi connectivity index (χ2n) is 5.30. The van der Waals surface area contributed by atoms with Crippen molar-refractivity contribution in [3.05, 3.63) is 48.0 Å². The summed E-state index contributed by atoms with van der Waals surface area (Å²) in [6, 6.07) is 11.0. The summed E-state index contributed by atoms with van der Waals surface area (Å²) in [7, 11) is 2.15. The van der Waals surface area contributed by atoms with Crippen molar-refractivity contribution in [2.45, 2.75) is 4.90 Å². The normalized spacial score (nSPS) is 11.2. The average Bonchev–Trinajstić information content (AvgIpc) is 2.61. The topological polar surface area (TPSA) is 84.9 Å². The Bertz CT molecular complexity index is 878. The molecular weight excluding hydrogens is 344 g/mol. The third-order valence-corrected chi connectivity index (χ3v) is 5.36. The van der Waals surface area contributed by atoms with E-state index in [-0.39, 0.29) is 10.6 Å². The van der Waals surface area contributed by atoms with Crippen LogP contribution in [0.5, 0.6) is 11.5 Å². The molecule has 0 spiro atoms. The molecule has 0 unspecified atom stereocenters. The van der Waals surface area contributed by atoms with Crippen molar-refractivity contribution in [2.75, 3.05) is 33.6 Å². The Morgan fingerprint density at radius 2 is 1.64 bits per heavy atom. The summed E-state index contributed by atoms with van der Waals surface area (Å²) in [5.41, 5.74) is 0.578. The molecule has 0 atom stereocenters. The Balaban J connectivity index is 2.43. The van der Waals surface area contributed by atoms with E-state index in [1.807, 2.05) is 0 Å². The fourth-order valence-electron chi connectivity index (χ4n) is 2.18. The molecule has 0 saturated heterocycles. The Kier molecular flexibility index (Phi) is 5.66. The van der Waals surface area contributed by atoms with Gasteiger partial charge in [-0.2, -0.15) is 0 Å². The Hall–Kier alpha value is -2.58. The number of rotatable bonds is 6. The van der Waals surface area contributed by atoms with Crippen LogP contribution in [0.3, 0.4) is 0 Å². The predicted octanol–water partition coefficient (Wildman–Crippen LogP) is 2.21. The third kappa shape index (κ3) is 3.92. The summed E-state index contributed by atoms with van der Waals surface area (Å²) in [6.45, 7) is 0. The number of anilines is 1. The number of hydrogen-bond donors (Lipinski definition) is 1. The first-order chi connectivity index (χ1) is 11.8. The minimum Gasteiger partial charge on any atom is -0.496 e. The first-order valence-corrected chi connectivity index (χ1v) is 8.80. The van der Waals surface area contributed by atoms with Crippen LogP contribution >= 0.6 is 0 Å². The number of hydrogen-bond acceptors (Lipinski definition) is 5. The van der Waals surface area contributed by atoms with Crippen molar-refractivity contribution >= 4 is 21.6 Å². The summed E-state index contributed by atoms with van der Waals surface area (Å²) in [4.78, 5) is 12.6. The van der Waals surface area contributed by atoms with E-state index in [1.54, 1.807) is 24.3 Å². The van der Waals surface area contributed by atoms with E-state index in [0.29, 0.717) is 17.1 Å². The zero-order valence-electron chi connectivity index (χ0n) is 14.4. The van der Waals surface area contributed by atoms with Crippen LogP contribution in [0.15, 0.2) is 47.4 Å². The largest absolute Gasteiger partial charge is 0.496 e. The molecule has 0 aromatic heterocycles. The number of benzene rings is 2. The number of para-hydroxylation sites is 1. The SMILES string of the molecule is COc1ccc(S(=O)(=O)N(C)C)cc1NC(=O)c1ccccc1OC. The van der Waals surface area contributed by atoms with Crippen LogP contribution in [-0.4, -0.2) is 46.9 Å². The molecule has 2 aromatic rings. The van der Waals surface area contributed by atoms with Gasteiger partial charge in [0.1, 0.15) is 11.5 Å². The lowest BCUT2D eigenvalue weighted by Crippen LogP contribution is -2.22. The van der Waals surface area contributed by atoms with Crippen molar-refractivity contribution in [1.82, 2.24) is 4.31 Å². The van der Waals surface area contributed by atoms with E-state index in [9.17, 15) is 13.2 Å². The molecule has 0 radical (unpaired) electrons. The van der Waals surface area contributed by atoms with Crippen LogP contribution < -0.4 is 14.8 Å². The smallest absolute Gasteiger partial charge is 0.259 e. The molecule has 25 heavy (non-hydrogen) atoms. The number of carbonyl (C=O) groups excluding carboxylic acids is 1. The molecule has 7 nitrogen and oxygen atoms in total. The monoisotopic (exact) mass is 364 g/mol. The number of ether oxygens (including phenoxy) is 2. The fourth-order valence-corrected chi connectivity index (χ4v) is 3.11. The summed E-state index contributed by atoms with van der Waals surface area (Å²) in [5.74, 6) is 0.326. The molecule has 0 aliphatic heterocycles. The van der Waals surface area contributed by atoms with Gasteiger partial charge in [0.2, 0.25) is 10.0 Å². The van der Waals surface area contributed by atoms with Crippen LogP contribution in [0, 0.1) is 0 Å². The number of methoxy groups -OCH3 is 2. The number of nitrogens with one attached hydrogen (secondary N) is 1. The maximum atomic E-state index is 12.6. The van der Waals surface area contributed by atoms with Crippen molar-refractivity contribution in [3.63, 3.8) is 0 Å². The molecule has 1 amide bonds. The predicted molar refractivity (Wildman–Crippen MR) is 94.8 cm³/mol.